The Morgan fingerprint density at radius 3 is 2.79 bits per heavy atom. The van der Waals surface area contributed by atoms with Crippen molar-refractivity contribution in [1.82, 2.24) is 5.32 Å². The number of carbonyl (C=O) groups is 1. The quantitative estimate of drug-likeness (QED) is 0.567. The van der Waals surface area contributed by atoms with E-state index in [4.69, 9.17) is 4.74 Å². The van der Waals surface area contributed by atoms with Crippen LogP contribution in [-0.4, -0.2) is 23.7 Å². The van der Waals surface area contributed by atoms with E-state index in [9.17, 15) is 10.0 Å². The first kappa shape index (κ1) is 18.1. The predicted molar refractivity (Wildman–Crippen MR) is 94.6 cm³/mol. The summed E-state index contributed by atoms with van der Waals surface area (Å²) in [5, 5.41) is 15.9. The number of nitrogens with one attached hydrogen (secondary N) is 2. The third-order valence-corrected chi connectivity index (χ3v) is 3.79. The molecule has 0 saturated carbocycles. The minimum atomic E-state index is -0.225. The van der Waals surface area contributed by atoms with Crippen molar-refractivity contribution in [2.24, 2.45) is 0 Å². The smallest absolute Gasteiger partial charge is 0.363 e. The zero-order valence-electron chi connectivity index (χ0n) is 13.2. The lowest BCUT2D eigenvalue weighted by Gasteiger charge is -2.10. The summed E-state index contributed by atoms with van der Waals surface area (Å²) in [7, 11) is 0. The van der Waals surface area contributed by atoms with E-state index in [1.807, 2.05) is 30.3 Å². The van der Waals surface area contributed by atoms with Gasteiger partial charge in [-0.3, -0.25) is 0 Å². The number of rotatable bonds is 5. The maximum absolute atomic E-state index is 12.2. The molecule has 1 fully saturated rings. The second kappa shape index (κ2) is 8.56. The van der Waals surface area contributed by atoms with Gasteiger partial charge in [0.25, 0.3) is 0 Å². The van der Waals surface area contributed by atoms with Gasteiger partial charge in [-0.15, -0.1) is 0 Å². The van der Waals surface area contributed by atoms with Gasteiger partial charge >= 0.3 is 11.7 Å². The van der Waals surface area contributed by atoms with Crippen LogP contribution in [0.4, 0.5) is 5.82 Å². The Bertz CT molecular complexity index is 676. The monoisotopic (exact) mass is 348 g/mol. The van der Waals surface area contributed by atoms with E-state index in [-0.39, 0.29) is 31.3 Å². The molecule has 1 aromatic heterocycles. The number of carbonyl (C=O) groups excluding carboxylic acids is 1. The predicted octanol–water partition coefficient (Wildman–Crippen LogP) is 1.59. The molecular weight excluding hydrogens is 326 g/mol. The van der Waals surface area contributed by atoms with Gasteiger partial charge in [-0.25, -0.2) is 10.1 Å². The first-order chi connectivity index (χ1) is 11.2. The lowest BCUT2D eigenvalue weighted by molar-refractivity contribution is -0.893. The highest BCUT2D eigenvalue weighted by molar-refractivity contribution is 7.59. The van der Waals surface area contributed by atoms with E-state index in [1.165, 1.54) is 6.20 Å². The van der Waals surface area contributed by atoms with Crippen LogP contribution in [0.25, 0.3) is 0 Å². The molecule has 1 aromatic carbocycles. The molecule has 0 aliphatic carbocycles. The van der Waals surface area contributed by atoms with Gasteiger partial charge in [0.15, 0.2) is 0 Å². The van der Waals surface area contributed by atoms with Crippen LogP contribution in [-0.2, 0) is 11.4 Å². The molecule has 7 heteroatoms. The molecular formula is C17H22N3O3S+. The van der Waals surface area contributed by atoms with Crippen LogP contribution >= 0.6 is 13.5 Å². The molecule has 0 spiro atoms. The molecule has 2 aromatic rings. The van der Waals surface area contributed by atoms with Gasteiger partial charge in [0.2, 0.25) is 5.75 Å². The summed E-state index contributed by atoms with van der Waals surface area (Å²) >= 11 is 0. The molecule has 1 saturated heterocycles. The number of anilines is 1. The van der Waals surface area contributed by atoms with Crippen molar-refractivity contribution in [3.05, 3.63) is 54.2 Å². The minimum Gasteiger partial charge on any atom is -0.481 e. The summed E-state index contributed by atoms with van der Waals surface area (Å²) in [6, 6.07) is 12.9. The molecule has 3 N–H and O–H groups in total. The Morgan fingerprint density at radius 1 is 1.29 bits per heavy atom. The highest BCUT2D eigenvalue weighted by atomic mass is 32.1. The molecule has 0 radical (unpaired) electrons. The average Bonchev–Trinajstić information content (AvgIpc) is 3.11. The molecule has 0 bridgehead atoms. The lowest BCUT2D eigenvalue weighted by Crippen LogP contribution is -2.41. The summed E-state index contributed by atoms with van der Waals surface area (Å²) in [4.78, 5) is 12.2. The molecule has 24 heavy (non-hydrogen) atoms. The Morgan fingerprint density at radius 2 is 2.08 bits per heavy atom. The maximum atomic E-state index is 12.2. The van der Waals surface area contributed by atoms with Gasteiger partial charge < -0.3 is 15.3 Å². The molecule has 1 aliphatic heterocycles. The Labute approximate surface area is 147 Å². The van der Waals surface area contributed by atoms with Crippen LogP contribution in [0.2, 0.25) is 0 Å². The van der Waals surface area contributed by atoms with Gasteiger partial charge in [0.1, 0.15) is 18.8 Å². The number of hydrogen-bond donors (Lipinski definition) is 3. The van der Waals surface area contributed by atoms with Gasteiger partial charge in [-0.05, 0) is 41.8 Å². The topological polar surface area (TPSA) is 74.5 Å². The van der Waals surface area contributed by atoms with Crippen molar-refractivity contribution in [3.8, 4) is 5.75 Å². The van der Waals surface area contributed by atoms with Gasteiger partial charge in [-0.2, -0.15) is 13.5 Å². The maximum Gasteiger partial charge on any atom is 0.363 e. The van der Waals surface area contributed by atoms with Gasteiger partial charge in [-0.1, -0.05) is 30.3 Å². The first-order valence-electron chi connectivity index (χ1n) is 7.69. The second-order valence-corrected chi connectivity index (χ2v) is 5.48. The zero-order valence-corrected chi connectivity index (χ0v) is 14.2. The number of aromatic nitrogens is 1. The third-order valence-electron chi connectivity index (χ3n) is 3.79. The number of hydrogen-bond acceptors (Lipinski definition) is 4. The Kier molecular flexibility index (Phi) is 6.45. The van der Waals surface area contributed by atoms with Crippen molar-refractivity contribution >= 4 is 25.2 Å². The summed E-state index contributed by atoms with van der Waals surface area (Å²) in [6.45, 7) is 1.19. The summed E-state index contributed by atoms with van der Waals surface area (Å²) in [6.07, 6.45) is 3.22. The van der Waals surface area contributed by atoms with Crippen LogP contribution in [0.15, 0.2) is 48.7 Å². The van der Waals surface area contributed by atoms with Gasteiger partial charge in [0, 0.05) is 0 Å². The summed E-state index contributed by atoms with van der Waals surface area (Å²) in [5.41, 5.74) is 1.01. The summed E-state index contributed by atoms with van der Waals surface area (Å²) in [5.74, 6) is 0.494. The van der Waals surface area contributed by atoms with Crippen LogP contribution in [0.3, 0.4) is 0 Å². The van der Waals surface area contributed by atoms with E-state index in [0.717, 1.165) is 29.7 Å². The molecule has 0 unspecified atom stereocenters. The van der Waals surface area contributed by atoms with Crippen LogP contribution in [0, 0.1) is 0 Å². The first-order valence-corrected chi connectivity index (χ1v) is 7.69. The van der Waals surface area contributed by atoms with E-state index in [1.54, 1.807) is 12.1 Å². The SMILES string of the molecule is O=C(Nc1c(OCc2ccccc2)ccc[n+]1O)[C@@H]1CCCN1.S. The highest BCUT2D eigenvalue weighted by Crippen LogP contribution is 2.21. The van der Waals surface area contributed by atoms with Crippen LogP contribution < -0.4 is 20.1 Å². The summed E-state index contributed by atoms with van der Waals surface area (Å²) < 4.78 is 6.62. The van der Waals surface area contributed by atoms with Crippen LogP contribution in [0.5, 0.6) is 5.75 Å². The average molecular weight is 348 g/mol. The molecule has 1 aliphatic rings. The Hall–Kier alpha value is -2.25. The number of amides is 1. The number of nitrogens with zero attached hydrogens (tertiary/aromatic N) is 1. The van der Waals surface area contributed by atoms with Crippen LogP contribution in [0.1, 0.15) is 18.4 Å². The van der Waals surface area contributed by atoms with Crippen molar-refractivity contribution in [3.63, 3.8) is 0 Å². The third kappa shape index (κ3) is 4.39. The van der Waals surface area contributed by atoms with Gasteiger partial charge in [0.05, 0.1) is 0 Å². The zero-order chi connectivity index (χ0) is 16.1. The fourth-order valence-electron chi connectivity index (χ4n) is 2.56. The molecule has 1 amide bonds. The lowest BCUT2D eigenvalue weighted by atomic mass is 10.2. The van der Waals surface area contributed by atoms with E-state index < -0.39 is 0 Å². The fourth-order valence-corrected chi connectivity index (χ4v) is 2.56. The molecule has 6 nitrogen and oxygen atoms in total. The van der Waals surface area contributed by atoms with Crippen molar-refractivity contribution in [1.29, 1.82) is 0 Å². The van der Waals surface area contributed by atoms with Crippen molar-refractivity contribution in [2.45, 2.75) is 25.5 Å². The molecule has 3 rings (SSSR count). The normalized spacial score (nSPS) is 16.2. The van der Waals surface area contributed by atoms with E-state index in [2.05, 4.69) is 10.6 Å². The minimum absolute atomic E-state index is 0. The molecule has 128 valence electrons. The molecule has 2 heterocycles. The molecule has 1 atom stereocenters. The fraction of sp³-hybridized carbons (Fsp3) is 0.294. The largest absolute Gasteiger partial charge is 0.481 e. The Balaban J connectivity index is 0.00000208. The van der Waals surface area contributed by atoms with Crippen molar-refractivity contribution in [2.75, 3.05) is 11.9 Å². The number of ether oxygens (including phenoxy) is 1. The number of benzene rings is 1. The highest BCUT2D eigenvalue weighted by Gasteiger charge is 2.29. The standard InChI is InChI=1S/C17H19N3O3.H2S/c21-17(14-8-4-10-18-14)19-16-15(9-5-11-20(16)22)23-12-13-6-2-1-3-7-13;/h1-3,5-7,9,11,14,18,22H,4,8,10,12H2;1H2/p+1/t14-;/m0./s1. The second-order valence-electron chi connectivity index (χ2n) is 5.48. The van der Waals surface area contributed by atoms with E-state index in [0.29, 0.717) is 12.4 Å². The van der Waals surface area contributed by atoms with Crippen molar-refractivity contribution < 1.29 is 19.5 Å². The van der Waals surface area contributed by atoms with E-state index >= 15 is 0 Å². The number of pyridine rings is 1.